The summed E-state index contributed by atoms with van der Waals surface area (Å²) in [7, 11) is 0. The second-order valence-corrected chi connectivity index (χ2v) is 4.46. The van der Waals surface area contributed by atoms with Crippen molar-refractivity contribution in [2.75, 3.05) is 12.0 Å². The van der Waals surface area contributed by atoms with Gasteiger partial charge >= 0.3 is 6.36 Å². The van der Waals surface area contributed by atoms with Crippen LogP contribution in [0.15, 0.2) is 24.3 Å². The van der Waals surface area contributed by atoms with E-state index in [1.165, 1.54) is 12.1 Å². The number of alkyl halides is 3. The van der Waals surface area contributed by atoms with Crippen molar-refractivity contribution < 1.29 is 17.9 Å². The minimum Gasteiger partial charge on any atom is -0.405 e. The van der Waals surface area contributed by atoms with Crippen molar-refractivity contribution >= 4 is 11.8 Å². The van der Waals surface area contributed by atoms with E-state index in [1.54, 1.807) is 23.9 Å². The molecule has 6 heteroatoms. The highest BCUT2D eigenvalue weighted by atomic mass is 32.2. The molecule has 0 amide bonds. The van der Waals surface area contributed by atoms with Crippen LogP contribution in [-0.2, 0) is 0 Å². The first-order chi connectivity index (χ1) is 7.94. The Labute approximate surface area is 102 Å². The summed E-state index contributed by atoms with van der Waals surface area (Å²) in [4.78, 5) is 0. The minimum absolute atomic E-state index is 0.214. The first kappa shape index (κ1) is 14.2. The number of halogens is 3. The molecule has 17 heavy (non-hydrogen) atoms. The van der Waals surface area contributed by atoms with E-state index in [1.807, 2.05) is 6.26 Å². The first-order valence-corrected chi connectivity index (χ1v) is 6.42. The molecule has 0 aliphatic rings. The molecule has 0 fully saturated rings. The van der Waals surface area contributed by atoms with Gasteiger partial charge in [-0.05, 0) is 24.5 Å². The number of benzene rings is 1. The maximum absolute atomic E-state index is 12.2. The molecule has 2 N–H and O–H groups in total. The molecule has 0 spiro atoms. The predicted molar refractivity (Wildman–Crippen MR) is 63.1 cm³/mol. The van der Waals surface area contributed by atoms with Crippen LogP contribution in [0.25, 0.3) is 0 Å². The highest BCUT2D eigenvalue weighted by molar-refractivity contribution is 7.98. The Kier molecular flexibility index (Phi) is 5.14. The Hall–Kier alpha value is -0.880. The van der Waals surface area contributed by atoms with Crippen molar-refractivity contribution in [2.24, 2.45) is 5.73 Å². The van der Waals surface area contributed by atoms with E-state index in [0.717, 1.165) is 5.75 Å². The number of thioether (sulfide) groups is 1. The Balaban J connectivity index is 2.83. The van der Waals surface area contributed by atoms with E-state index in [4.69, 9.17) is 5.73 Å². The van der Waals surface area contributed by atoms with Gasteiger partial charge in [0.25, 0.3) is 0 Å². The molecule has 0 aliphatic heterocycles. The fraction of sp³-hybridized carbons (Fsp3) is 0.455. The molecule has 0 bridgehead atoms. The van der Waals surface area contributed by atoms with Gasteiger partial charge < -0.3 is 10.5 Å². The van der Waals surface area contributed by atoms with Gasteiger partial charge in [0.15, 0.2) is 0 Å². The second kappa shape index (κ2) is 6.16. The zero-order valence-corrected chi connectivity index (χ0v) is 10.1. The molecule has 1 atom stereocenters. The summed E-state index contributed by atoms with van der Waals surface area (Å²) in [6, 6.07) is 5.54. The van der Waals surface area contributed by atoms with Crippen LogP contribution in [0, 0.1) is 0 Å². The normalized spacial score (nSPS) is 13.5. The average molecular weight is 265 g/mol. The molecule has 0 saturated heterocycles. The molecular weight excluding hydrogens is 251 g/mol. The lowest BCUT2D eigenvalue weighted by atomic mass is 10.0. The van der Waals surface area contributed by atoms with Gasteiger partial charge in [0.2, 0.25) is 0 Å². The maximum Gasteiger partial charge on any atom is 0.573 e. The van der Waals surface area contributed by atoms with Crippen LogP contribution in [0.4, 0.5) is 13.2 Å². The Morgan fingerprint density at radius 2 is 2.00 bits per heavy atom. The number of para-hydroxylation sites is 1. The molecule has 0 aromatic heterocycles. The Morgan fingerprint density at radius 3 is 2.59 bits per heavy atom. The number of ether oxygens (including phenoxy) is 1. The first-order valence-electron chi connectivity index (χ1n) is 5.03. The SMILES string of the molecule is CSCCC(N)c1ccccc1OC(F)(F)F. The van der Waals surface area contributed by atoms with Crippen LogP contribution in [-0.4, -0.2) is 18.4 Å². The van der Waals surface area contributed by atoms with Crippen LogP contribution >= 0.6 is 11.8 Å². The molecule has 2 nitrogen and oxygen atoms in total. The largest absolute Gasteiger partial charge is 0.573 e. The topological polar surface area (TPSA) is 35.2 Å². The summed E-state index contributed by atoms with van der Waals surface area (Å²) in [5.41, 5.74) is 6.23. The number of rotatable bonds is 5. The third-order valence-corrected chi connectivity index (χ3v) is 2.82. The zero-order valence-electron chi connectivity index (χ0n) is 9.33. The third-order valence-electron chi connectivity index (χ3n) is 2.18. The average Bonchev–Trinajstić information content (AvgIpc) is 2.24. The van der Waals surface area contributed by atoms with Gasteiger partial charge in [0.05, 0.1) is 0 Å². The monoisotopic (exact) mass is 265 g/mol. The standard InChI is InChI=1S/C11H14F3NOS/c1-17-7-6-9(15)8-4-2-3-5-10(8)16-11(12,13)14/h2-5,9H,6-7,15H2,1H3. The predicted octanol–water partition coefficient (Wildman–Crippen LogP) is 3.34. The van der Waals surface area contributed by atoms with E-state index in [0.29, 0.717) is 12.0 Å². The van der Waals surface area contributed by atoms with Crippen molar-refractivity contribution in [1.29, 1.82) is 0 Å². The Morgan fingerprint density at radius 1 is 1.35 bits per heavy atom. The molecular formula is C11H14F3NOS. The number of hydrogen-bond donors (Lipinski definition) is 1. The number of nitrogens with two attached hydrogens (primary N) is 1. The molecule has 0 heterocycles. The smallest absolute Gasteiger partial charge is 0.405 e. The molecule has 1 aromatic rings. The third kappa shape index (κ3) is 4.87. The maximum atomic E-state index is 12.2. The molecule has 1 rings (SSSR count). The lowest BCUT2D eigenvalue weighted by Crippen LogP contribution is -2.20. The fourth-order valence-electron chi connectivity index (χ4n) is 1.40. The zero-order chi connectivity index (χ0) is 12.9. The lowest BCUT2D eigenvalue weighted by molar-refractivity contribution is -0.275. The van der Waals surface area contributed by atoms with Gasteiger partial charge in [-0.3, -0.25) is 0 Å². The lowest BCUT2D eigenvalue weighted by Gasteiger charge is -2.17. The van der Waals surface area contributed by atoms with E-state index in [9.17, 15) is 13.2 Å². The van der Waals surface area contributed by atoms with Crippen molar-refractivity contribution in [3.63, 3.8) is 0 Å². The van der Waals surface area contributed by atoms with Gasteiger partial charge in [0, 0.05) is 11.6 Å². The highest BCUT2D eigenvalue weighted by Gasteiger charge is 2.32. The second-order valence-electron chi connectivity index (χ2n) is 3.47. The molecule has 0 aliphatic carbocycles. The molecule has 1 aromatic carbocycles. The van der Waals surface area contributed by atoms with E-state index >= 15 is 0 Å². The van der Waals surface area contributed by atoms with Crippen molar-refractivity contribution in [3.05, 3.63) is 29.8 Å². The van der Waals surface area contributed by atoms with Gasteiger partial charge in [-0.2, -0.15) is 11.8 Å². The summed E-state index contributed by atoms with van der Waals surface area (Å²) in [5, 5.41) is 0. The van der Waals surface area contributed by atoms with Gasteiger partial charge in [-0.1, -0.05) is 18.2 Å². The molecule has 96 valence electrons. The van der Waals surface area contributed by atoms with Crippen molar-refractivity contribution in [3.8, 4) is 5.75 Å². The summed E-state index contributed by atoms with van der Waals surface area (Å²) in [6.45, 7) is 0. The van der Waals surface area contributed by atoms with Crippen LogP contribution in [0.5, 0.6) is 5.75 Å². The van der Waals surface area contributed by atoms with Crippen molar-refractivity contribution in [1.82, 2.24) is 0 Å². The summed E-state index contributed by atoms with van der Waals surface area (Å²) < 4.78 is 40.5. The molecule has 0 saturated carbocycles. The summed E-state index contributed by atoms with van der Waals surface area (Å²) in [6.07, 6.45) is -2.15. The van der Waals surface area contributed by atoms with Crippen LogP contribution in [0.2, 0.25) is 0 Å². The molecule has 1 unspecified atom stereocenters. The minimum atomic E-state index is -4.69. The summed E-state index contributed by atoms with van der Waals surface area (Å²) >= 11 is 1.60. The number of hydrogen-bond acceptors (Lipinski definition) is 3. The van der Waals surface area contributed by atoms with Crippen LogP contribution < -0.4 is 10.5 Å². The quantitative estimate of drug-likeness (QED) is 0.886. The van der Waals surface area contributed by atoms with Crippen LogP contribution in [0.1, 0.15) is 18.0 Å². The van der Waals surface area contributed by atoms with Gasteiger partial charge in [0.1, 0.15) is 5.75 Å². The fourth-order valence-corrected chi connectivity index (χ4v) is 1.89. The van der Waals surface area contributed by atoms with E-state index < -0.39 is 12.4 Å². The summed E-state index contributed by atoms with van der Waals surface area (Å²) in [5.74, 6) is 0.579. The van der Waals surface area contributed by atoms with Gasteiger partial charge in [-0.15, -0.1) is 13.2 Å². The van der Waals surface area contributed by atoms with E-state index in [-0.39, 0.29) is 5.75 Å². The van der Waals surface area contributed by atoms with Gasteiger partial charge in [-0.25, -0.2) is 0 Å². The van der Waals surface area contributed by atoms with Crippen molar-refractivity contribution in [2.45, 2.75) is 18.8 Å². The molecule has 0 radical (unpaired) electrons. The van der Waals surface area contributed by atoms with E-state index in [2.05, 4.69) is 4.74 Å². The highest BCUT2D eigenvalue weighted by Crippen LogP contribution is 2.30. The Bertz CT molecular complexity index is 357. The van der Waals surface area contributed by atoms with Crippen LogP contribution in [0.3, 0.4) is 0 Å².